The minimum absolute atomic E-state index is 0. The summed E-state index contributed by atoms with van der Waals surface area (Å²) in [5, 5.41) is 0. The summed E-state index contributed by atoms with van der Waals surface area (Å²) in [4.78, 5) is 0. The molecule has 1 aliphatic rings. The average Bonchev–Trinajstić information content (AvgIpc) is 1.76. The SMILES string of the molecule is C1CCOC1.[BaH2]. The Bertz CT molecular complexity index is 19.1. The van der Waals surface area contributed by atoms with Crippen molar-refractivity contribution in [2.24, 2.45) is 0 Å². The first-order valence-corrected chi connectivity index (χ1v) is 2.08. The Labute approximate surface area is 78.5 Å². The Kier molecular flexibility index (Phi) is 5.88. The van der Waals surface area contributed by atoms with Crippen molar-refractivity contribution in [3.8, 4) is 0 Å². The van der Waals surface area contributed by atoms with Crippen molar-refractivity contribution in [1.82, 2.24) is 0 Å². The van der Waals surface area contributed by atoms with E-state index in [-0.39, 0.29) is 48.9 Å². The molecule has 0 aromatic rings. The molecule has 0 spiro atoms. The van der Waals surface area contributed by atoms with Crippen molar-refractivity contribution < 1.29 is 4.74 Å². The summed E-state index contributed by atoms with van der Waals surface area (Å²) in [6.45, 7) is 2.00. The monoisotopic (exact) mass is 212 g/mol. The molecule has 0 saturated carbocycles. The third kappa shape index (κ3) is 2.66. The molecule has 1 nitrogen and oxygen atoms in total. The van der Waals surface area contributed by atoms with Crippen LogP contribution in [0.2, 0.25) is 0 Å². The van der Waals surface area contributed by atoms with Gasteiger partial charge in [0.05, 0.1) is 0 Å². The van der Waals surface area contributed by atoms with Gasteiger partial charge in [0.2, 0.25) is 0 Å². The van der Waals surface area contributed by atoms with Crippen LogP contribution < -0.4 is 0 Å². The Morgan fingerprint density at radius 1 is 1.00 bits per heavy atom. The first kappa shape index (κ1) is 7.53. The van der Waals surface area contributed by atoms with Gasteiger partial charge in [0.25, 0.3) is 0 Å². The van der Waals surface area contributed by atoms with Crippen LogP contribution in [-0.2, 0) is 4.74 Å². The molecule has 0 aromatic heterocycles. The Balaban J connectivity index is 0.000000250. The van der Waals surface area contributed by atoms with E-state index < -0.39 is 0 Å². The van der Waals surface area contributed by atoms with Gasteiger partial charge in [-0.15, -0.1) is 0 Å². The zero-order valence-corrected chi connectivity index (χ0v) is 3.24. The predicted octanol–water partition coefficient (Wildman–Crippen LogP) is -0.119. The summed E-state index contributed by atoms with van der Waals surface area (Å²) in [6, 6.07) is 0. The summed E-state index contributed by atoms with van der Waals surface area (Å²) in [5.41, 5.74) is 0. The zero-order valence-electron chi connectivity index (χ0n) is 3.24. The van der Waals surface area contributed by atoms with Gasteiger partial charge < -0.3 is 4.74 Å². The van der Waals surface area contributed by atoms with E-state index in [0.717, 1.165) is 13.2 Å². The molecule has 1 fully saturated rings. The fourth-order valence-corrected chi connectivity index (χ4v) is 0.510. The molecule has 0 amide bonds. The number of hydrogen-bond acceptors (Lipinski definition) is 1. The summed E-state index contributed by atoms with van der Waals surface area (Å²) in [5.74, 6) is 0. The van der Waals surface area contributed by atoms with Gasteiger partial charge in [-0.05, 0) is 12.8 Å². The van der Waals surface area contributed by atoms with Gasteiger partial charge in [0, 0.05) is 13.2 Å². The van der Waals surface area contributed by atoms with E-state index in [1.54, 1.807) is 0 Å². The van der Waals surface area contributed by atoms with E-state index in [2.05, 4.69) is 0 Å². The molecular weight excluding hydrogens is 201 g/mol. The van der Waals surface area contributed by atoms with Crippen LogP contribution in [-0.4, -0.2) is 62.1 Å². The van der Waals surface area contributed by atoms with Gasteiger partial charge in [0.15, 0.2) is 0 Å². The fourth-order valence-electron chi connectivity index (χ4n) is 0.510. The number of ether oxygens (including phenoxy) is 1. The first-order valence-electron chi connectivity index (χ1n) is 2.08. The molecular formula is C4H10BaO. The molecule has 1 rings (SSSR count). The van der Waals surface area contributed by atoms with E-state index >= 15 is 0 Å². The molecule has 1 heterocycles. The second kappa shape index (κ2) is 4.68. The molecule has 0 atom stereocenters. The molecule has 0 radical (unpaired) electrons. The minimum atomic E-state index is 0. The van der Waals surface area contributed by atoms with Gasteiger partial charge in [-0.1, -0.05) is 0 Å². The van der Waals surface area contributed by atoms with Crippen molar-refractivity contribution in [3.63, 3.8) is 0 Å². The zero-order chi connectivity index (χ0) is 3.54. The van der Waals surface area contributed by atoms with Gasteiger partial charge in [-0.25, -0.2) is 0 Å². The van der Waals surface area contributed by atoms with Crippen LogP contribution in [0.3, 0.4) is 0 Å². The maximum absolute atomic E-state index is 4.94. The van der Waals surface area contributed by atoms with Crippen LogP contribution in [0.1, 0.15) is 12.8 Å². The molecule has 34 valence electrons. The van der Waals surface area contributed by atoms with E-state index in [0.29, 0.717) is 0 Å². The molecule has 0 aromatic carbocycles. The van der Waals surface area contributed by atoms with Crippen LogP contribution in [0.4, 0.5) is 0 Å². The van der Waals surface area contributed by atoms with E-state index in [9.17, 15) is 0 Å². The maximum atomic E-state index is 4.94. The van der Waals surface area contributed by atoms with Crippen LogP contribution in [0.15, 0.2) is 0 Å². The fraction of sp³-hybridized carbons (Fsp3) is 1.00. The molecule has 6 heavy (non-hydrogen) atoms. The van der Waals surface area contributed by atoms with Gasteiger partial charge >= 0.3 is 48.9 Å². The quantitative estimate of drug-likeness (QED) is 0.508. The van der Waals surface area contributed by atoms with Gasteiger partial charge in [-0.3, -0.25) is 0 Å². The number of hydrogen-bond donors (Lipinski definition) is 0. The Hall–Kier alpha value is 1.53. The predicted molar refractivity (Wildman–Crippen MR) is 28.6 cm³/mol. The molecule has 0 bridgehead atoms. The van der Waals surface area contributed by atoms with Crippen molar-refractivity contribution in [3.05, 3.63) is 0 Å². The molecule has 0 N–H and O–H groups in total. The van der Waals surface area contributed by atoms with Crippen LogP contribution in [0, 0.1) is 0 Å². The molecule has 0 aliphatic carbocycles. The van der Waals surface area contributed by atoms with Crippen molar-refractivity contribution in [1.29, 1.82) is 0 Å². The Morgan fingerprint density at radius 2 is 1.50 bits per heavy atom. The van der Waals surface area contributed by atoms with E-state index in [1.165, 1.54) is 12.8 Å². The topological polar surface area (TPSA) is 9.23 Å². The second-order valence-electron chi connectivity index (χ2n) is 1.32. The van der Waals surface area contributed by atoms with Gasteiger partial charge in [0.1, 0.15) is 0 Å². The van der Waals surface area contributed by atoms with Crippen molar-refractivity contribution in [2.45, 2.75) is 12.8 Å². The van der Waals surface area contributed by atoms with E-state index in [1.807, 2.05) is 0 Å². The molecule has 1 aliphatic heterocycles. The first-order chi connectivity index (χ1) is 2.50. The van der Waals surface area contributed by atoms with Crippen molar-refractivity contribution in [2.75, 3.05) is 13.2 Å². The normalized spacial score (nSPS) is 20.0. The summed E-state index contributed by atoms with van der Waals surface area (Å²) < 4.78 is 4.94. The third-order valence-corrected chi connectivity index (χ3v) is 0.827. The standard InChI is InChI=1S/C4H8O.Ba.2H/c1-2-4-5-3-1;;;/h1-4H2;;;. The summed E-state index contributed by atoms with van der Waals surface area (Å²) >= 11 is 0. The van der Waals surface area contributed by atoms with E-state index in [4.69, 9.17) is 4.74 Å². The molecule has 0 unspecified atom stereocenters. The summed E-state index contributed by atoms with van der Waals surface area (Å²) in [6.07, 6.45) is 2.56. The molecule has 2 heteroatoms. The summed E-state index contributed by atoms with van der Waals surface area (Å²) in [7, 11) is 0. The van der Waals surface area contributed by atoms with Gasteiger partial charge in [-0.2, -0.15) is 0 Å². The van der Waals surface area contributed by atoms with Crippen LogP contribution in [0.25, 0.3) is 0 Å². The van der Waals surface area contributed by atoms with Crippen LogP contribution in [0.5, 0.6) is 0 Å². The average molecular weight is 211 g/mol. The third-order valence-electron chi connectivity index (χ3n) is 0.827. The van der Waals surface area contributed by atoms with Crippen molar-refractivity contribution >= 4 is 48.9 Å². The van der Waals surface area contributed by atoms with Crippen LogP contribution >= 0.6 is 0 Å². The number of rotatable bonds is 0. The molecule has 1 saturated heterocycles. The second-order valence-corrected chi connectivity index (χ2v) is 1.32. The Morgan fingerprint density at radius 3 is 1.67 bits per heavy atom.